The van der Waals surface area contributed by atoms with Crippen molar-refractivity contribution in [3.05, 3.63) is 18.0 Å². The molecule has 0 saturated heterocycles. The second-order valence-electron chi connectivity index (χ2n) is 2.25. The fraction of sp³-hybridized carbons (Fsp3) is 0.333. The molecule has 0 fully saturated rings. The summed E-state index contributed by atoms with van der Waals surface area (Å²) in [6.45, 7) is 0. The molecule has 1 atom stereocenters. The van der Waals surface area contributed by atoms with E-state index < -0.39 is 12.0 Å². The summed E-state index contributed by atoms with van der Waals surface area (Å²) >= 11 is 0. The molecular weight excluding hydrogens is 146 g/mol. The van der Waals surface area contributed by atoms with Crippen LogP contribution in [0.2, 0.25) is 0 Å². The number of amides is 1. The lowest BCUT2D eigenvalue weighted by atomic mass is 10.2. The van der Waals surface area contributed by atoms with E-state index in [4.69, 9.17) is 10.8 Å². The molecule has 0 aliphatic carbocycles. The Bertz CT molecular complexity index is 269. The average molecular weight is 155 g/mol. The number of aromatic nitrogens is 2. The van der Waals surface area contributed by atoms with Crippen molar-refractivity contribution in [1.82, 2.24) is 9.78 Å². The normalized spacial score (nSPS) is 12.9. The maximum absolute atomic E-state index is 10.4. The molecule has 0 aliphatic rings. The lowest BCUT2D eigenvalue weighted by molar-refractivity contribution is -0.126. The van der Waals surface area contributed by atoms with E-state index in [1.807, 2.05) is 0 Å². The molecule has 1 aromatic heterocycles. The first-order chi connectivity index (χ1) is 5.11. The fourth-order valence-electron chi connectivity index (χ4n) is 0.746. The number of nitrogens with zero attached hydrogens (tertiary/aromatic N) is 2. The van der Waals surface area contributed by atoms with E-state index in [-0.39, 0.29) is 0 Å². The summed E-state index contributed by atoms with van der Waals surface area (Å²) in [7, 11) is 1.69. The summed E-state index contributed by atoms with van der Waals surface area (Å²) in [5.74, 6) is -0.766. The molecule has 0 aliphatic heterocycles. The number of hydrogen-bond acceptors (Lipinski definition) is 3. The van der Waals surface area contributed by atoms with Gasteiger partial charge in [-0.1, -0.05) is 0 Å². The molecule has 5 heteroatoms. The molecule has 11 heavy (non-hydrogen) atoms. The van der Waals surface area contributed by atoms with Gasteiger partial charge in [0.1, 0.15) is 0 Å². The number of rotatable bonds is 2. The van der Waals surface area contributed by atoms with Gasteiger partial charge in [0.2, 0.25) is 0 Å². The van der Waals surface area contributed by atoms with Crippen LogP contribution < -0.4 is 5.73 Å². The minimum Gasteiger partial charge on any atom is -0.378 e. The average Bonchev–Trinajstić information content (AvgIpc) is 2.34. The summed E-state index contributed by atoms with van der Waals surface area (Å²) in [5, 5.41) is 12.9. The first kappa shape index (κ1) is 7.74. The van der Waals surface area contributed by atoms with Crippen molar-refractivity contribution in [3.63, 3.8) is 0 Å². The van der Waals surface area contributed by atoms with Gasteiger partial charge in [0.05, 0.1) is 6.20 Å². The smallest absolute Gasteiger partial charge is 0.251 e. The zero-order valence-electron chi connectivity index (χ0n) is 6.06. The molecule has 1 rings (SSSR count). The van der Waals surface area contributed by atoms with Crippen molar-refractivity contribution < 1.29 is 9.90 Å². The van der Waals surface area contributed by atoms with Crippen LogP contribution in [0.5, 0.6) is 0 Å². The first-order valence-electron chi connectivity index (χ1n) is 3.07. The number of aryl methyl sites for hydroxylation is 1. The van der Waals surface area contributed by atoms with Crippen molar-refractivity contribution in [2.75, 3.05) is 0 Å². The zero-order chi connectivity index (χ0) is 8.43. The third kappa shape index (κ3) is 1.56. The Hall–Kier alpha value is -1.36. The van der Waals surface area contributed by atoms with E-state index in [1.165, 1.54) is 17.1 Å². The summed E-state index contributed by atoms with van der Waals surface area (Å²) in [4.78, 5) is 10.4. The van der Waals surface area contributed by atoms with Gasteiger partial charge in [0, 0.05) is 18.8 Å². The molecule has 0 aromatic carbocycles. The van der Waals surface area contributed by atoms with Crippen LogP contribution >= 0.6 is 0 Å². The number of hydrogen-bond donors (Lipinski definition) is 2. The highest BCUT2D eigenvalue weighted by molar-refractivity contribution is 5.79. The van der Waals surface area contributed by atoms with Gasteiger partial charge in [-0.05, 0) is 0 Å². The Morgan fingerprint density at radius 2 is 2.55 bits per heavy atom. The van der Waals surface area contributed by atoms with E-state index in [0.29, 0.717) is 5.56 Å². The van der Waals surface area contributed by atoms with Gasteiger partial charge in [0.25, 0.3) is 5.91 Å². The van der Waals surface area contributed by atoms with E-state index >= 15 is 0 Å². The molecule has 60 valence electrons. The highest BCUT2D eigenvalue weighted by atomic mass is 16.3. The molecule has 0 spiro atoms. The number of aliphatic hydroxyl groups excluding tert-OH is 1. The van der Waals surface area contributed by atoms with Crippen LogP contribution in [-0.4, -0.2) is 20.8 Å². The Labute approximate surface area is 63.4 Å². The van der Waals surface area contributed by atoms with Crippen molar-refractivity contribution in [1.29, 1.82) is 0 Å². The Morgan fingerprint density at radius 1 is 1.91 bits per heavy atom. The number of primary amides is 1. The van der Waals surface area contributed by atoms with E-state index in [9.17, 15) is 4.79 Å². The maximum atomic E-state index is 10.4. The largest absolute Gasteiger partial charge is 0.378 e. The third-order valence-corrected chi connectivity index (χ3v) is 1.31. The quantitative estimate of drug-likeness (QED) is 0.571. The predicted molar refractivity (Wildman–Crippen MR) is 37.4 cm³/mol. The maximum Gasteiger partial charge on any atom is 0.251 e. The summed E-state index contributed by atoms with van der Waals surface area (Å²) in [6.07, 6.45) is 1.69. The van der Waals surface area contributed by atoms with E-state index in [1.54, 1.807) is 7.05 Å². The fourth-order valence-corrected chi connectivity index (χ4v) is 0.746. The number of carbonyl (C=O) groups excluding carboxylic acids is 1. The Kier molecular flexibility index (Phi) is 1.91. The van der Waals surface area contributed by atoms with Gasteiger partial charge in [-0.25, -0.2) is 0 Å². The third-order valence-electron chi connectivity index (χ3n) is 1.31. The number of aliphatic hydroxyl groups is 1. The second-order valence-corrected chi connectivity index (χ2v) is 2.25. The van der Waals surface area contributed by atoms with Crippen molar-refractivity contribution >= 4 is 5.91 Å². The van der Waals surface area contributed by atoms with Crippen LogP contribution in [0.25, 0.3) is 0 Å². The van der Waals surface area contributed by atoms with Crippen LogP contribution in [-0.2, 0) is 11.8 Å². The Balaban J connectivity index is 2.84. The van der Waals surface area contributed by atoms with E-state index in [0.717, 1.165) is 0 Å². The number of carbonyl (C=O) groups is 1. The van der Waals surface area contributed by atoms with Crippen molar-refractivity contribution in [3.8, 4) is 0 Å². The summed E-state index contributed by atoms with van der Waals surface area (Å²) < 4.78 is 1.49. The van der Waals surface area contributed by atoms with Crippen LogP contribution in [0.1, 0.15) is 11.7 Å². The molecule has 1 heterocycles. The molecule has 0 radical (unpaired) electrons. The molecule has 5 nitrogen and oxygen atoms in total. The lowest BCUT2D eigenvalue weighted by Crippen LogP contribution is -2.20. The monoisotopic (exact) mass is 155 g/mol. The van der Waals surface area contributed by atoms with Crippen LogP contribution in [0.3, 0.4) is 0 Å². The molecule has 0 saturated carbocycles. The molecule has 1 unspecified atom stereocenters. The molecular formula is C6H9N3O2. The second kappa shape index (κ2) is 2.71. The minimum atomic E-state index is -1.25. The molecule has 1 aromatic rings. The molecule has 0 bridgehead atoms. The predicted octanol–water partition coefficient (Wildman–Crippen LogP) is -1.06. The first-order valence-corrected chi connectivity index (χ1v) is 3.07. The summed E-state index contributed by atoms with van der Waals surface area (Å²) in [5.41, 5.74) is 5.27. The van der Waals surface area contributed by atoms with Gasteiger partial charge in [0.15, 0.2) is 6.10 Å². The van der Waals surface area contributed by atoms with Crippen LogP contribution in [0.15, 0.2) is 12.4 Å². The Morgan fingerprint density at radius 3 is 2.91 bits per heavy atom. The van der Waals surface area contributed by atoms with Gasteiger partial charge in [-0.15, -0.1) is 0 Å². The highest BCUT2D eigenvalue weighted by Gasteiger charge is 2.14. The minimum absolute atomic E-state index is 0.417. The number of nitrogens with two attached hydrogens (primary N) is 1. The summed E-state index contributed by atoms with van der Waals surface area (Å²) in [6, 6.07) is 0. The van der Waals surface area contributed by atoms with Crippen LogP contribution in [0.4, 0.5) is 0 Å². The van der Waals surface area contributed by atoms with Crippen molar-refractivity contribution in [2.45, 2.75) is 6.10 Å². The van der Waals surface area contributed by atoms with Gasteiger partial charge in [-0.3, -0.25) is 9.48 Å². The zero-order valence-corrected chi connectivity index (χ0v) is 6.06. The lowest BCUT2D eigenvalue weighted by Gasteiger charge is -2.00. The highest BCUT2D eigenvalue weighted by Crippen LogP contribution is 2.09. The SMILES string of the molecule is Cn1cc(C(O)C(N)=O)cn1. The van der Waals surface area contributed by atoms with Gasteiger partial charge in [-0.2, -0.15) is 5.10 Å². The van der Waals surface area contributed by atoms with Gasteiger partial charge < -0.3 is 10.8 Å². The standard InChI is InChI=1S/C6H9N3O2/c1-9-3-4(2-8-9)5(10)6(7)11/h2-3,5,10H,1H3,(H2,7,11). The molecule has 3 N–H and O–H groups in total. The van der Waals surface area contributed by atoms with Crippen molar-refractivity contribution in [2.24, 2.45) is 12.8 Å². The van der Waals surface area contributed by atoms with Crippen LogP contribution in [0, 0.1) is 0 Å². The topological polar surface area (TPSA) is 81.1 Å². The molecule has 1 amide bonds. The van der Waals surface area contributed by atoms with E-state index in [2.05, 4.69) is 5.10 Å². The van der Waals surface area contributed by atoms with Gasteiger partial charge >= 0.3 is 0 Å².